The van der Waals surface area contributed by atoms with Gasteiger partial charge in [0.2, 0.25) is 0 Å². The predicted octanol–water partition coefficient (Wildman–Crippen LogP) is 3.23. The lowest BCUT2D eigenvalue weighted by molar-refractivity contribution is -0.146. The molecule has 0 aromatic heterocycles. The number of imide groups is 1. The molecule has 2 rings (SSSR count). The lowest BCUT2D eigenvalue weighted by Gasteiger charge is -2.14. The number of thioether (sulfide) groups is 1. The van der Waals surface area contributed by atoms with Gasteiger partial charge in [-0.25, -0.2) is 4.79 Å². The molecule has 1 aromatic rings. The van der Waals surface area contributed by atoms with Crippen LogP contribution < -0.4 is 9.47 Å². The van der Waals surface area contributed by atoms with Gasteiger partial charge in [0.15, 0.2) is 18.1 Å². The van der Waals surface area contributed by atoms with Crippen molar-refractivity contribution in [3.63, 3.8) is 0 Å². The highest BCUT2D eigenvalue weighted by atomic mass is 127. The van der Waals surface area contributed by atoms with Crippen LogP contribution >= 0.6 is 34.4 Å². The summed E-state index contributed by atoms with van der Waals surface area (Å²) in [7, 11) is 0. The van der Waals surface area contributed by atoms with Crippen molar-refractivity contribution >= 4 is 63.5 Å². The number of esters is 2. The molecule has 0 saturated carbocycles. The van der Waals surface area contributed by atoms with Gasteiger partial charge in [-0.2, -0.15) is 0 Å². The molecule has 1 saturated heterocycles. The highest BCUT2D eigenvalue weighted by Gasteiger charge is 2.36. The summed E-state index contributed by atoms with van der Waals surface area (Å²) in [5.74, 6) is -0.958. The predicted molar refractivity (Wildman–Crippen MR) is 122 cm³/mol. The van der Waals surface area contributed by atoms with E-state index >= 15 is 0 Å². The maximum atomic E-state index is 12.6. The summed E-state index contributed by atoms with van der Waals surface area (Å²) >= 11 is 2.77. The van der Waals surface area contributed by atoms with Crippen molar-refractivity contribution in [2.24, 2.45) is 0 Å². The van der Waals surface area contributed by atoms with Gasteiger partial charge in [0, 0.05) is 0 Å². The summed E-state index contributed by atoms with van der Waals surface area (Å²) in [5, 5.41) is -0.543. The van der Waals surface area contributed by atoms with Crippen LogP contribution in [-0.4, -0.2) is 61.0 Å². The van der Waals surface area contributed by atoms with Gasteiger partial charge in [-0.05, 0) is 78.9 Å². The van der Waals surface area contributed by atoms with Crippen molar-refractivity contribution in [2.75, 3.05) is 33.0 Å². The monoisotopic (exact) mass is 563 g/mol. The molecule has 1 aromatic carbocycles. The molecule has 1 aliphatic rings. The van der Waals surface area contributed by atoms with E-state index in [2.05, 4.69) is 0 Å². The Morgan fingerprint density at radius 3 is 2.35 bits per heavy atom. The van der Waals surface area contributed by atoms with Crippen LogP contribution in [0.4, 0.5) is 4.79 Å². The van der Waals surface area contributed by atoms with Crippen LogP contribution in [0.3, 0.4) is 0 Å². The highest BCUT2D eigenvalue weighted by molar-refractivity contribution is 14.1. The molecule has 0 radical (unpaired) electrons. The van der Waals surface area contributed by atoms with E-state index in [0.29, 0.717) is 27.2 Å². The standard InChI is InChI=1S/C20H22INO8S/c1-4-27-14-8-12(7-13(21)18(14)30-11-17(24)29-6-3)9-15-19(25)22(20(26)31-15)10-16(23)28-5-2/h7-9H,4-6,10-11H2,1-3H3/b15-9+. The third-order valence-electron chi connectivity index (χ3n) is 3.74. The minimum absolute atomic E-state index is 0.161. The first kappa shape index (κ1) is 25.0. The number of carbonyl (C=O) groups excluding carboxylic acids is 4. The average molecular weight is 563 g/mol. The second-order valence-electron chi connectivity index (χ2n) is 5.93. The molecule has 1 fully saturated rings. The van der Waals surface area contributed by atoms with Gasteiger partial charge in [-0.15, -0.1) is 0 Å². The first-order valence-electron chi connectivity index (χ1n) is 9.46. The molecule has 31 heavy (non-hydrogen) atoms. The van der Waals surface area contributed by atoms with Crippen LogP contribution in [0.2, 0.25) is 0 Å². The molecule has 0 bridgehead atoms. The molecule has 2 amide bonds. The zero-order chi connectivity index (χ0) is 23.0. The van der Waals surface area contributed by atoms with E-state index in [1.54, 1.807) is 32.9 Å². The lowest BCUT2D eigenvalue weighted by Crippen LogP contribution is -2.34. The van der Waals surface area contributed by atoms with E-state index in [1.165, 1.54) is 6.08 Å². The number of benzene rings is 1. The van der Waals surface area contributed by atoms with Crippen molar-refractivity contribution in [3.05, 3.63) is 26.2 Å². The first-order chi connectivity index (χ1) is 14.8. The van der Waals surface area contributed by atoms with E-state index in [4.69, 9.17) is 18.9 Å². The van der Waals surface area contributed by atoms with E-state index < -0.39 is 29.6 Å². The van der Waals surface area contributed by atoms with Crippen molar-refractivity contribution in [1.29, 1.82) is 0 Å². The fourth-order valence-corrected chi connectivity index (χ4v) is 4.15. The molecule has 168 valence electrons. The smallest absolute Gasteiger partial charge is 0.344 e. The SMILES string of the molecule is CCOC(=O)COc1c(I)cc(/C=C2/SC(=O)N(CC(=O)OCC)C2=O)cc1OCC. The van der Waals surface area contributed by atoms with Crippen molar-refractivity contribution in [1.82, 2.24) is 4.90 Å². The second-order valence-corrected chi connectivity index (χ2v) is 8.08. The van der Waals surface area contributed by atoms with Gasteiger partial charge < -0.3 is 18.9 Å². The van der Waals surface area contributed by atoms with Gasteiger partial charge >= 0.3 is 11.9 Å². The molecule has 0 spiro atoms. The first-order valence-corrected chi connectivity index (χ1v) is 11.4. The van der Waals surface area contributed by atoms with E-state index in [0.717, 1.165) is 16.7 Å². The summed E-state index contributed by atoms with van der Waals surface area (Å²) in [5.41, 5.74) is 0.595. The topological polar surface area (TPSA) is 108 Å². The fourth-order valence-electron chi connectivity index (χ4n) is 2.53. The lowest BCUT2D eigenvalue weighted by atomic mass is 10.2. The maximum Gasteiger partial charge on any atom is 0.344 e. The van der Waals surface area contributed by atoms with Crippen LogP contribution in [-0.2, 0) is 23.9 Å². The number of ether oxygens (including phenoxy) is 4. The minimum atomic E-state index is -0.651. The van der Waals surface area contributed by atoms with Gasteiger partial charge in [-0.3, -0.25) is 19.3 Å². The number of hydrogen-bond acceptors (Lipinski definition) is 9. The zero-order valence-electron chi connectivity index (χ0n) is 17.3. The zero-order valence-corrected chi connectivity index (χ0v) is 20.2. The number of hydrogen-bond donors (Lipinski definition) is 0. The van der Waals surface area contributed by atoms with Crippen molar-refractivity contribution in [3.8, 4) is 11.5 Å². The third-order valence-corrected chi connectivity index (χ3v) is 5.44. The van der Waals surface area contributed by atoms with Crippen LogP contribution in [0.1, 0.15) is 26.3 Å². The number of halogens is 1. The Kier molecular flexibility index (Phi) is 9.62. The molecule has 1 heterocycles. The summed E-state index contributed by atoms with van der Waals surface area (Å²) in [4.78, 5) is 49.0. The van der Waals surface area contributed by atoms with Crippen LogP contribution in [0.5, 0.6) is 11.5 Å². The third kappa shape index (κ3) is 6.86. The maximum absolute atomic E-state index is 12.6. The largest absolute Gasteiger partial charge is 0.490 e. The van der Waals surface area contributed by atoms with Crippen LogP contribution in [0.15, 0.2) is 17.0 Å². The molecule has 0 aliphatic carbocycles. The molecular weight excluding hydrogens is 541 g/mol. The summed E-state index contributed by atoms with van der Waals surface area (Å²) < 4.78 is 21.5. The Hall–Kier alpha value is -2.28. The van der Waals surface area contributed by atoms with Gasteiger partial charge in [0.1, 0.15) is 6.54 Å². The highest BCUT2D eigenvalue weighted by Crippen LogP contribution is 2.37. The van der Waals surface area contributed by atoms with Gasteiger partial charge in [0.25, 0.3) is 11.1 Å². The van der Waals surface area contributed by atoms with Crippen LogP contribution in [0.25, 0.3) is 6.08 Å². The average Bonchev–Trinajstić information content (AvgIpc) is 2.95. The molecular formula is C20H22INO8S. The van der Waals surface area contributed by atoms with E-state index in [-0.39, 0.29) is 24.7 Å². The van der Waals surface area contributed by atoms with Crippen molar-refractivity contribution in [2.45, 2.75) is 20.8 Å². The van der Waals surface area contributed by atoms with Gasteiger partial charge in [-0.1, -0.05) is 0 Å². The molecule has 0 unspecified atom stereocenters. The Morgan fingerprint density at radius 1 is 1.03 bits per heavy atom. The second kappa shape index (κ2) is 11.9. The summed E-state index contributed by atoms with van der Waals surface area (Å²) in [6.07, 6.45) is 1.54. The molecule has 11 heteroatoms. The molecule has 1 aliphatic heterocycles. The van der Waals surface area contributed by atoms with E-state index in [9.17, 15) is 19.2 Å². The Bertz CT molecular complexity index is 901. The van der Waals surface area contributed by atoms with Crippen molar-refractivity contribution < 1.29 is 38.1 Å². The quantitative estimate of drug-likeness (QED) is 0.241. The molecule has 9 nitrogen and oxygen atoms in total. The molecule has 0 N–H and O–H groups in total. The number of nitrogens with zero attached hydrogens (tertiary/aromatic N) is 1. The minimum Gasteiger partial charge on any atom is -0.490 e. The Labute approximate surface area is 197 Å². The Balaban J connectivity index is 2.25. The number of carbonyl (C=O) groups is 4. The normalized spacial score (nSPS) is 14.7. The molecule has 0 atom stereocenters. The summed E-state index contributed by atoms with van der Waals surface area (Å²) in [6, 6.07) is 3.37. The number of amides is 2. The fraction of sp³-hybridized carbons (Fsp3) is 0.400. The Morgan fingerprint density at radius 2 is 1.71 bits per heavy atom. The van der Waals surface area contributed by atoms with Crippen LogP contribution in [0, 0.1) is 3.57 Å². The van der Waals surface area contributed by atoms with Gasteiger partial charge in [0.05, 0.1) is 28.3 Å². The number of rotatable bonds is 10. The van der Waals surface area contributed by atoms with E-state index in [1.807, 2.05) is 22.6 Å². The summed E-state index contributed by atoms with van der Waals surface area (Å²) in [6.45, 7) is 5.21.